The predicted octanol–water partition coefficient (Wildman–Crippen LogP) is 3.06. The van der Waals surface area contributed by atoms with E-state index in [1.54, 1.807) is 17.0 Å². The summed E-state index contributed by atoms with van der Waals surface area (Å²) in [7, 11) is 4.15. The number of nitrogens with one attached hydrogen (secondary N) is 3. The molecular weight excluding hydrogens is 400 g/mol. The van der Waals surface area contributed by atoms with Gasteiger partial charge in [0.05, 0.1) is 37.9 Å². The minimum Gasteiger partial charge on any atom is -0.340 e. The molecule has 2 aromatic carbocycles. The van der Waals surface area contributed by atoms with E-state index in [1.165, 1.54) is 4.90 Å². The van der Waals surface area contributed by atoms with Crippen LogP contribution in [0.5, 0.6) is 0 Å². The van der Waals surface area contributed by atoms with E-state index >= 15 is 0 Å². The first-order valence-electron chi connectivity index (χ1n) is 10.1. The van der Waals surface area contributed by atoms with Gasteiger partial charge in [-0.1, -0.05) is 35.9 Å². The molecule has 0 saturated carbocycles. The van der Waals surface area contributed by atoms with E-state index < -0.39 is 0 Å². The molecule has 0 radical (unpaired) electrons. The molecule has 158 valence electrons. The Balaban J connectivity index is 1.84. The number of nitrogens with zero attached hydrogens (tertiary/aromatic N) is 1. The molecule has 30 heavy (non-hydrogen) atoms. The molecule has 0 aliphatic rings. The molecule has 0 aliphatic heterocycles. The Labute approximate surface area is 181 Å². The lowest BCUT2D eigenvalue weighted by Gasteiger charge is -2.23. The normalized spacial score (nSPS) is 11.1. The molecule has 0 bridgehead atoms. The molecule has 6 nitrogen and oxygen atoms in total. The van der Waals surface area contributed by atoms with Crippen molar-refractivity contribution in [3.05, 3.63) is 75.0 Å². The number of quaternary nitrogens is 1. The maximum absolute atomic E-state index is 13.0. The third-order valence-electron chi connectivity index (χ3n) is 4.95. The van der Waals surface area contributed by atoms with Crippen LogP contribution in [0.2, 0.25) is 5.02 Å². The van der Waals surface area contributed by atoms with Crippen molar-refractivity contribution in [2.24, 2.45) is 0 Å². The van der Waals surface area contributed by atoms with E-state index in [4.69, 9.17) is 11.6 Å². The second-order valence-electron chi connectivity index (χ2n) is 7.86. The first-order valence-corrected chi connectivity index (χ1v) is 10.4. The van der Waals surface area contributed by atoms with E-state index in [2.05, 4.69) is 24.4 Å². The Morgan fingerprint density at radius 2 is 1.93 bits per heavy atom. The summed E-state index contributed by atoms with van der Waals surface area (Å²) < 4.78 is 0. The van der Waals surface area contributed by atoms with Crippen molar-refractivity contribution >= 4 is 34.2 Å². The molecule has 1 aromatic heterocycles. The standard InChI is InChI=1S/C23H27ClN4O2/c1-16-9-10-17-14-18(22(29)25-21(17)13-16)15-28(12-6-11-27(2)3)23(30)26-20-8-5-4-7-19(20)24/h4-5,7-10,13-14H,6,11-12,15H2,1-3H3,(H,25,29)(H,26,30)/p+1. The highest BCUT2D eigenvalue weighted by Crippen LogP contribution is 2.21. The van der Waals surface area contributed by atoms with Gasteiger partial charge in [-0.15, -0.1) is 0 Å². The average molecular weight is 428 g/mol. The van der Waals surface area contributed by atoms with Crippen LogP contribution >= 0.6 is 11.6 Å². The van der Waals surface area contributed by atoms with Crippen molar-refractivity contribution in [1.82, 2.24) is 9.88 Å². The summed E-state index contributed by atoms with van der Waals surface area (Å²) in [5, 5.41) is 4.29. The predicted molar refractivity (Wildman–Crippen MR) is 122 cm³/mol. The third kappa shape index (κ3) is 5.62. The zero-order valence-electron chi connectivity index (χ0n) is 17.6. The molecular formula is C23H28ClN4O2+. The number of hydrogen-bond acceptors (Lipinski definition) is 2. The van der Waals surface area contributed by atoms with Crippen LogP contribution in [0.15, 0.2) is 53.3 Å². The van der Waals surface area contributed by atoms with Crippen LogP contribution in [-0.4, -0.2) is 43.1 Å². The zero-order valence-corrected chi connectivity index (χ0v) is 18.3. The first kappa shape index (κ1) is 21.9. The zero-order chi connectivity index (χ0) is 21.7. The summed E-state index contributed by atoms with van der Waals surface area (Å²) in [4.78, 5) is 31.6. The van der Waals surface area contributed by atoms with Gasteiger partial charge in [-0.25, -0.2) is 4.79 Å². The van der Waals surface area contributed by atoms with Crippen molar-refractivity contribution in [3.63, 3.8) is 0 Å². The molecule has 3 aromatic rings. The van der Waals surface area contributed by atoms with Crippen molar-refractivity contribution in [3.8, 4) is 0 Å². The maximum atomic E-state index is 13.0. The van der Waals surface area contributed by atoms with Gasteiger partial charge in [0.25, 0.3) is 5.56 Å². The topological polar surface area (TPSA) is 69.6 Å². The van der Waals surface area contributed by atoms with Gasteiger partial charge in [0.2, 0.25) is 0 Å². The number of rotatable bonds is 7. The van der Waals surface area contributed by atoms with Crippen LogP contribution in [0.1, 0.15) is 17.5 Å². The molecule has 0 aliphatic carbocycles. The lowest BCUT2D eigenvalue weighted by molar-refractivity contribution is -0.858. The fourth-order valence-corrected chi connectivity index (χ4v) is 3.50. The number of benzene rings is 2. The molecule has 3 N–H and O–H groups in total. The van der Waals surface area contributed by atoms with Gasteiger partial charge in [-0.2, -0.15) is 0 Å². The van der Waals surface area contributed by atoms with Gasteiger partial charge in [0.15, 0.2) is 0 Å². The van der Waals surface area contributed by atoms with Crippen molar-refractivity contribution in [2.75, 3.05) is 32.5 Å². The highest BCUT2D eigenvalue weighted by atomic mass is 35.5. The Morgan fingerprint density at radius 3 is 2.67 bits per heavy atom. The monoisotopic (exact) mass is 427 g/mol. The number of carbonyl (C=O) groups excluding carboxylic acids is 1. The van der Waals surface area contributed by atoms with Gasteiger partial charge in [-0.3, -0.25) is 4.79 Å². The largest absolute Gasteiger partial charge is 0.340 e. The number of hydrogen-bond donors (Lipinski definition) is 3. The number of para-hydroxylation sites is 1. The number of aromatic amines is 1. The SMILES string of the molecule is Cc1ccc2cc(CN(CCC[NH+](C)C)C(=O)Nc3ccccc3Cl)c(=O)[nH]c2c1. The maximum Gasteiger partial charge on any atom is 0.322 e. The number of fused-ring (bicyclic) bond motifs is 1. The van der Waals surface area contributed by atoms with Crippen LogP contribution in [0.25, 0.3) is 10.9 Å². The summed E-state index contributed by atoms with van der Waals surface area (Å²) in [5.74, 6) is 0. The quantitative estimate of drug-likeness (QED) is 0.542. The van der Waals surface area contributed by atoms with Crippen LogP contribution in [-0.2, 0) is 6.54 Å². The number of amides is 2. The summed E-state index contributed by atoms with van der Waals surface area (Å²) in [5.41, 5.74) is 2.81. The molecule has 0 spiro atoms. The van der Waals surface area contributed by atoms with E-state index in [0.29, 0.717) is 22.8 Å². The molecule has 1 heterocycles. The van der Waals surface area contributed by atoms with E-state index in [1.807, 2.05) is 43.3 Å². The number of urea groups is 1. The van der Waals surface area contributed by atoms with Crippen molar-refractivity contribution in [2.45, 2.75) is 19.9 Å². The summed E-state index contributed by atoms with van der Waals surface area (Å²) in [6.07, 6.45) is 0.822. The van der Waals surface area contributed by atoms with Gasteiger partial charge in [-0.05, 0) is 42.1 Å². The summed E-state index contributed by atoms with van der Waals surface area (Å²) in [6.45, 7) is 3.66. The number of H-pyrrole nitrogens is 1. The molecule has 3 rings (SSSR count). The highest BCUT2D eigenvalue weighted by molar-refractivity contribution is 6.33. The number of anilines is 1. The summed E-state index contributed by atoms with van der Waals surface area (Å²) in [6, 6.07) is 14.6. The lowest BCUT2D eigenvalue weighted by atomic mass is 10.1. The van der Waals surface area contributed by atoms with E-state index in [0.717, 1.165) is 29.4 Å². The second-order valence-corrected chi connectivity index (χ2v) is 8.26. The van der Waals surface area contributed by atoms with Gasteiger partial charge in [0.1, 0.15) is 0 Å². The number of aromatic nitrogens is 1. The number of halogens is 1. The van der Waals surface area contributed by atoms with Crippen LogP contribution in [0, 0.1) is 6.92 Å². The lowest BCUT2D eigenvalue weighted by Crippen LogP contribution is -3.05. The molecule has 7 heteroatoms. The molecule has 0 atom stereocenters. The minimum absolute atomic E-state index is 0.179. The van der Waals surface area contributed by atoms with Gasteiger partial charge < -0.3 is 20.1 Å². The Bertz CT molecular complexity index is 1090. The fraction of sp³-hybridized carbons (Fsp3) is 0.304. The van der Waals surface area contributed by atoms with Crippen molar-refractivity contribution < 1.29 is 9.69 Å². The number of carbonyl (C=O) groups is 1. The fourth-order valence-electron chi connectivity index (χ4n) is 3.32. The molecule has 0 unspecified atom stereocenters. The van der Waals surface area contributed by atoms with Gasteiger partial charge in [0, 0.05) is 24.0 Å². The Hall–Kier alpha value is -2.83. The van der Waals surface area contributed by atoms with Crippen molar-refractivity contribution in [1.29, 1.82) is 0 Å². The number of pyridine rings is 1. The Morgan fingerprint density at radius 1 is 1.17 bits per heavy atom. The summed E-state index contributed by atoms with van der Waals surface area (Å²) >= 11 is 6.19. The highest BCUT2D eigenvalue weighted by Gasteiger charge is 2.17. The average Bonchev–Trinajstić information content (AvgIpc) is 2.69. The molecule has 0 fully saturated rings. The number of aryl methyl sites for hydroxylation is 1. The van der Waals surface area contributed by atoms with Crippen LogP contribution in [0.3, 0.4) is 0 Å². The van der Waals surface area contributed by atoms with Crippen LogP contribution in [0.4, 0.5) is 10.5 Å². The second kappa shape index (κ2) is 9.78. The molecule has 2 amide bonds. The van der Waals surface area contributed by atoms with E-state index in [9.17, 15) is 9.59 Å². The minimum atomic E-state index is -0.278. The third-order valence-corrected chi connectivity index (χ3v) is 5.28. The first-order chi connectivity index (χ1) is 14.3. The smallest absolute Gasteiger partial charge is 0.322 e. The van der Waals surface area contributed by atoms with Crippen LogP contribution < -0.4 is 15.8 Å². The molecule has 0 saturated heterocycles. The van der Waals surface area contributed by atoms with Gasteiger partial charge >= 0.3 is 6.03 Å². The van der Waals surface area contributed by atoms with E-state index in [-0.39, 0.29) is 18.1 Å². The Kier molecular flexibility index (Phi) is 7.13.